The molecule has 5 rings (SSSR count). The number of nitrogens with one attached hydrogen (secondary N) is 1. The fraction of sp³-hybridized carbons (Fsp3) is 0.650. The molecule has 4 saturated carbocycles. The van der Waals surface area contributed by atoms with Crippen LogP contribution in [0.5, 0.6) is 0 Å². The second kappa shape index (κ2) is 6.03. The topological polar surface area (TPSA) is 49.3 Å². The van der Waals surface area contributed by atoms with Crippen LogP contribution in [0.3, 0.4) is 0 Å². The van der Waals surface area contributed by atoms with Crippen molar-refractivity contribution in [2.45, 2.75) is 57.0 Å². The summed E-state index contributed by atoms with van der Waals surface area (Å²) in [6.45, 7) is 0.660. The number of benzene rings is 1. The van der Waals surface area contributed by atoms with Crippen molar-refractivity contribution in [1.29, 1.82) is 0 Å². The van der Waals surface area contributed by atoms with Gasteiger partial charge in [-0.2, -0.15) is 0 Å². The quantitative estimate of drug-likeness (QED) is 0.852. The summed E-state index contributed by atoms with van der Waals surface area (Å²) in [5.74, 6) is 1.42. The zero-order valence-corrected chi connectivity index (χ0v) is 14.8. The van der Waals surface area contributed by atoms with Gasteiger partial charge in [0.25, 0.3) is 0 Å². The normalized spacial score (nSPS) is 36.8. The van der Waals surface area contributed by atoms with Crippen molar-refractivity contribution in [3.05, 3.63) is 34.9 Å². The van der Waals surface area contributed by atoms with Crippen LogP contribution in [0.4, 0.5) is 0 Å². The van der Waals surface area contributed by atoms with Crippen molar-refractivity contribution < 1.29 is 9.90 Å². The average Bonchev–Trinajstić information content (AvgIpc) is 2.46. The molecule has 1 amide bonds. The van der Waals surface area contributed by atoms with Crippen LogP contribution >= 0.6 is 11.6 Å². The van der Waals surface area contributed by atoms with E-state index in [0.29, 0.717) is 24.8 Å². The summed E-state index contributed by atoms with van der Waals surface area (Å²) in [6, 6.07) is 7.77. The third-order valence-electron chi connectivity index (χ3n) is 6.34. The van der Waals surface area contributed by atoms with Crippen LogP contribution < -0.4 is 5.32 Å². The highest BCUT2D eigenvalue weighted by atomic mass is 35.5. The largest absolute Gasteiger partial charge is 0.390 e. The second-order valence-electron chi connectivity index (χ2n) is 8.59. The number of aliphatic hydroxyl groups is 1. The molecule has 3 nitrogen and oxygen atoms in total. The Kier molecular flexibility index (Phi) is 4.12. The van der Waals surface area contributed by atoms with Gasteiger partial charge in [-0.1, -0.05) is 23.7 Å². The maximum atomic E-state index is 12.5. The summed E-state index contributed by atoms with van der Waals surface area (Å²) in [5.41, 5.74) is 0.764. The van der Waals surface area contributed by atoms with E-state index in [2.05, 4.69) is 5.32 Å². The molecule has 0 saturated heterocycles. The van der Waals surface area contributed by atoms with E-state index in [-0.39, 0.29) is 11.3 Å². The number of halogens is 1. The molecule has 2 unspecified atom stereocenters. The molecular weight excluding hydrogens is 322 g/mol. The molecule has 4 fully saturated rings. The molecule has 4 aliphatic carbocycles. The third-order valence-corrected chi connectivity index (χ3v) is 6.59. The van der Waals surface area contributed by atoms with Gasteiger partial charge in [0, 0.05) is 18.0 Å². The lowest BCUT2D eigenvalue weighted by Crippen LogP contribution is -2.56. The highest BCUT2D eigenvalue weighted by molar-refractivity contribution is 6.30. The standard InChI is InChI=1S/C20H26ClNO2/c21-17-3-1-14(2-4-17)5-6-22-18(23)12-19-8-15-7-16(9-19)11-20(24,10-15)13-19/h1-4,15-16,24H,5-13H2,(H,22,23). The zero-order valence-electron chi connectivity index (χ0n) is 14.1. The molecule has 2 N–H and O–H groups in total. The summed E-state index contributed by atoms with van der Waals surface area (Å²) >= 11 is 5.89. The van der Waals surface area contributed by atoms with Crippen LogP contribution in [0.1, 0.15) is 50.5 Å². The Balaban J connectivity index is 1.31. The molecule has 4 aliphatic rings. The number of hydrogen-bond acceptors (Lipinski definition) is 2. The van der Waals surface area contributed by atoms with E-state index in [0.717, 1.165) is 43.5 Å². The van der Waals surface area contributed by atoms with Crippen molar-refractivity contribution in [3.63, 3.8) is 0 Å². The molecule has 4 heteroatoms. The number of hydrogen-bond donors (Lipinski definition) is 2. The smallest absolute Gasteiger partial charge is 0.220 e. The molecule has 1 aromatic carbocycles. The Morgan fingerprint density at radius 2 is 1.83 bits per heavy atom. The minimum absolute atomic E-state index is 0.0587. The number of amides is 1. The van der Waals surface area contributed by atoms with E-state index in [4.69, 9.17) is 11.6 Å². The van der Waals surface area contributed by atoms with Crippen molar-refractivity contribution in [2.24, 2.45) is 17.3 Å². The predicted octanol–water partition coefficient (Wildman–Crippen LogP) is 3.72. The van der Waals surface area contributed by atoms with E-state index in [1.165, 1.54) is 12.0 Å². The minimum Gasteiger partial charge on any atom is -0.390 e. The van der Waals surface area contributed by atoms with Crippen molar-refractivity contribution in [2.75, 3.05) is 6.54 Å². The van der Waals surface area contributed by atoms with Crippen LogP contribution in [0, 0.1) is 17.3 Å². The van der Waals surface area contributed by atoms with Crippen LogP contribution in [0.15, 0.2) is 24.3 Å². The van der Waals surface area contributed by atoms with Gasteiger partial charge in [-0.15, -0.1) is 0 Å². The van der Waals surface area contributed by atoms with Crippen molar-refractivity contribution in [3.8, 4) is 0 Å². The molecule has 0 aliphatic heterocycles. The van der Waals surface area contributed by atoms with Crippen LogP contribution in [-0.4, -0.2) is 23.2 Å². The van der Waals surface area contributed by atoms with Gasteiger partial charge >= 0.3 is 0 Å². The first-order valence-electron chi connectivity index (χ1n) is 9.17. The van der Waals surface area contributed by atoms with E-state index >= 15 is 0 Å². The lowest BCUT2D eigenvalue weighted by molar-refractivity contribution is -0.169. The third kappa shape index (κ3) is 3.34. The fourth-order valence-electron chi connectivity index (χ4n) is 6.01. The Morgan fingerprint density at radius 1 is 1.17 bits per heavy atom. The monoisotopic (exact) mass is 347 g/mol. The van der Waals surface area contributed by atoms with E-state index in [1.54, 1.807) is 0 Å². The van der Waals surface area contributed by atoms with Gasteiger partial charge in [0.05, 0.1) is 5.60 Å². The summed E-state index contributed by atoms with van der Waals surface area (Å²) in [7, 11) is 0. The van der Waals surface area contributed by atoms with Gasteiger partial charge in [-0.3, -0.25) is 4.79 Å². The second-order valence-corrected chi connectivity index (χ2v) is 9.02. The summed E-state index contributed by atoms with van der Waals surface area (Å²) < 4.78 is 0. The van der Waals surface area contributed by atoms with Crippen molar-refractivity contribution in [1.82, 2.24) is 5.32 Å². The molecule has 24 heavy (non-hydrogen) atoms. The van der Waals surface area contributed by atoms with Crippen LogP contribution in [-0.2, 0) is 11.2 Å². The molecule has 0 aromatic heterocycles. The minimum atomic E-state index is -0.479. The SMILES string of the molecule is O=C(CC12CC3CC(CC(O)(C3)C1)C2)NCCc1ccc(Cl)cc1. The summed E-state index contributed by atoms with van der Waals surface area (Å²) in [5, 5.41) is 14.6. The van der Waals surface area contributed by atoms with E-state index in [9.17, 15) is 9.90 Å². The first-order valence-corrected chi connectivity index (χ1v) is 9.55. The maximum absolute atomic E-state index is 12.5. The Labute approximate surface area is 148 Å². The first kappa shape index (κ1) is 16.4. The van der Waals surface area contributed by atoms with Crippen molar-refractivity contribution >= 4 is 17.5 Å². The summed E-state index contributed by atoms with van der Waals surface area (Å²) in [4.78, 5) is 12.5. The van der Waals surface area contributed by atoms with Gasteiger partial charge in [-0.25, -0.2) is 0 Å². The lowest BCUT2D eigenvalue weighted by atomic mass is 9.47. The predicted molar refractivity (Wildman–Crippen MR) is 94.8 cm³/mol. The highest BCUT2D eigenvalue weighted by Crippen LogP contribution is 2.62. The maximum Gasteiger partial charge on any atom is 0.220 e. The fourth-order valence-corrected chi connectivity index (χ4v) is 6.14. The molecular formula is C20H26ClNO2. The number of carbonyl (C=O) groups excluding carboxylic acids is 1. The van der Waals surface area contributed by atoms with Gasteiger partial charge in [0.2, 0.25) is 5.91 Å². The van der Waals surface area contributed by atoms with E-state index in [1.807, 2.05) is 24.3 Å². The van der Waals surface area contributed by atoms with E-state index < -0.39 is 5.60 Å². The Bertz CT molecular complexity index is 613. The lowest BCUT2D eigenvalue weighted by Gasteiger charge is -2.60. The molecule has 0 heterocycles. The van der Waals surface area contributed by atoms with Gasteiger partial charge in [0.15, 0.2) is 0 Å². The summed E-state index contributed by atoms with van der Waals surface area (Å²) in [6.07, 6.45) is 7.70. The molecule has 1 aromatic rings. The average molecular weight is 348 g/mol. The first-order chi connectivity index (χ1) is 11.4. The molecule has 2 atom stereocenters. The zero-order chi connectivity index (χ0) is 16.8. The van der Waals surface area contributed by atoms with Crippen LogP contribution in [0.25, 0.3) is 0 Å². The number of carbonyl (C=O) groups is 1. The molecule has 0 spiro atoms. The Morgan fingerprint density at radius 3 is 2.46 bits per heavy atom. The van der Waals surface area contributed by atoms with Gasteiger partial charge in [-0.05, 0) is 79.9 Å². The van der Waals surface area contributed by atoms with Crippen LogP contribution in [0.2, 0.25) is 5.02 Å². The molecule has 130 valence electrons. The number of rotatable bonds is 5. The highest BCUT2D eigenvalue weighted by Gasteiger charge is 2.57. The Hall–Kier alpha value is -1.06. The molecule has 0 radical (unpaired) electrons. The van der Waals surface area contributed by atoms with Gasteiger partial charge in [0.1, 0.15) is 0 Å². The molecule has 4 bridgehead atoms. The van der Waals surface area contributed by atoms with Gasteiger partial charge < -0.3 is 10.4 Å².